The van der Waals surface area contributed by atoms with E-state index in [0.29, 0.717) is 0 Å². The third-order valence-electron chi connectivity index (χ3n) is 3.53. The molecule has 5 nitrogen and oxygen atoms in total. The van der Waals surface area contributed by atoms with E-state index in [-0.39, 0.29) is 26.1 Å². The van der Waals surface area contributed by atoms with Gasteiger partial charge in [-0.2, -0.15) is 0 Å². The normalized spacial score (nSPS) is 21.8. The van der Waals surface area contributed by atoms with Crippen molar-refractivity contribution in [2.75, 3.05) is 19.8 Å². The minimum Gasteiger partial charge on any atom is -0.481 e. The standard InChI is InChI=1S/C14H16FNO4/c15-9-14(12(17)18)6-7-16(10-14)13(19)20-8-11-4-2-1-3-5-11/h1-5H,6-10H2,(H,17,18)/t14-/m1/s1. The summed E-state index contributed by atoms with van der Waals surface area (Å²) in [5.41, 5.74) is -0.638. The topological polar surface area (TPSA) is 66.8 Å². The molecule has 108 valence electrons. The van der Waals surface area contributed by atoms with Crippen LogP contribution in [0, 0.1) is 5.41 Å². The van der Waals surface area contributed by atoms with Crippen LogP contribution in [-0.4, -0.2) is 41.8 Å². The number of halogens is 1. The second kappa shape index (κ2) is 5.90. The van der Waals surface area contributed by atoms with E-state index in [1.54, 1.807) is 0 Å². The van der Waals surface area contributed by atoms with Crippen LogP contribution in [-0.2, 0) is 16.1 Å². The van der Waals surface area contributed by atoms with E-state index < -0.39 is 24.2 Å². The number of carboxylic acids is 1. The minimum atomic E-state index is -1.48. The van der Waals surface area contributed by atoms with Gasteiger partial charge in [0.05, 0.1) is 0 Å². The predicted octanol–water partition coefficient (Wildman–Crippen LogP) is 2.07. The van der Waals surface area contributed by atoms with Crippen LogP contribution in [0.3, 0.4) is 0 Å². The van der Waals surface area contributed by atoms with Gasteiger partial charge in [-0.05, 0) is 12.0 Å². The summed E-state index contributed by atoms with van der Waals surface area (Å²) in [5.74, 6) is -1.21. The first-order chi connectivity index (χ1) is 9.57. The van der Waals surface area contributed by atoms with Gasteiger partial charge < -0.3 is 14.7 Å². The number of amides is 1. The highest BCUT2D eigenvalue weighted by Crippen LogP contribution is 2.31. The monoisotopic (exact) mass is 281 g/mol. The molecule has 0 saturated carbocycles. The minimum absolute atomic E-state index is 0.110. The number of hydrogen-bond acceptors (Lipinski definition) is 3. The van der Waals surface area contributed by atoms with E-state index in [9.17, 15) is 14.0 Å². The lowest BCUT2D eigenvalue weighted by molar-refractivity contribution is -0.149. The number of carboxylic acid groups (broad SMARTS) is 1. The molecule has 0 spiro atoms. The van der Waals surface area contributed by atoms with E-state index in [4.69, 9.17) is 9.84 Å². The second-order valence-corrected chi connectivity index (χ2v) is 4.93. The Morgan fingerprint density at radius 3 is 2.60 bits per heavy atom. The number of alkyl halides is 1. The van der Waals surface area contributed by atoms with Crippen molar-refractivity contribution in [3.8, 4) is 0 Å². The lowest BCUT2D eigenvalue weighted by Gasteiger charge is -2.21. The van der Waals surface area contributed by atoms with Gasteiger partial charge in [-0.3, -0.25) is 4.79 Å². The number of rotatable bonds is 4. The van der Waals surface area contributed by atoms with Crippen LogP contribution in [0.5, 0.6) is 0 Å². The van der Waals surface area contributed by atoms with E-state index in [0.717, 1.165) is 5.56 Å². The van der Waals surface area contributed by atoms with Crippen LogP contribution in [0.2, 0.25) is 0 Å². The Morgan fingerprint density at radius 2 is 2.05 bits per heavy atom. The summed E-state index contributed by atoms with van der Waals surface area (Å²) < 4.78 is 18.0. The van der Waals surface area contributed by atoms with E-state index >= 15 is 0 Å². The van der Waals surface area contributed by atoms with Crippen molar-refractivity contribution in [3.63, 3.8) is 0 Å². The number of hydrogen-bond donors (Lipinski definition) is 1. The van der Waals surface area contributed by atoms with Gasteiger partial charge in [0.15, 0.2) is 0 Å². The Labute approximate surface area is 116 Å². The molecule has 1 amide bonds. The van der Waals surface area contributed by atoms with Crippen molar-refractivity contribution in [2.24, 2.45) is 5.41 Å². The SMILES string of the molecule is O=C(OCc1ccccc1)N1CC[C@](CF)(C(=O)O)C1. The zero-order valence-electron chi connectivity index (χ0n) is 10.9. The number of ether oxygens (including phenoxy) is 1. The molecule has 1 N–H and O–H groups in total. The molecule has 0 aliphatic carbocycles. The van der Waals surface area contributed by atoms with Crippen LogP contribution in [0.25, 0.3) is 0 Å². The maximum absolute atomic E-state index is 12.9. The van der Waals surface area contributed by atoms with E-state index in [1.165, 1.54) is 4.90 Å². The third kappa shape index (κ3) is 2.89. The zero-order valence-corrected chi connectivity index (χ0v) is 10.9. The number of likely N-dealkylation sites (tertiary alicyclic amines) is 1. The highest BCUT2D eigenvalue weighted by Gasteiger charge is 2.47. The molecule has 1 fully saturated rings. The molecule has 1 saturated heterocycles. The first-order valence-corrected chi connectivity index (χ1v) is 6.32. The van der Waals surface area contributed by atoms with Crippen LogP contribution >= 0.6 is 0 Å². The Kier molecular flexibility index (Phi) is 4.22. The third-order valence-corrected chi connectivity index (χ3v) is 3.53. The molecule has 6 heteroatoms. The van der Waals surface area contributed by atoms with Crippen molar-refractivity contribution in [3.05, 3.63) is 35.9 Å². The first kappa shape index (κ1) is 14.3. The van der Waals surface area contributed by atoms with Crippen molar-refractivity contribution in [1.29, 1.82) is 0 Å². The molecule has 20 heavy (non-hydrogen) atoms. The van der Waals surface area contributed by atoms with Gasteiger partial charge in [0.25, 0.3) is 0 Å². The summed E-state index contributed by atoms with van der Waals surface area (Å²) in [6.45, 7) is -0.813. The summed E-state index contributed by atoms with van der Waals surface area (Å²) in [7, 11) is 0. The Morgan fingerprint density at radius 1 is 1.35 bits per heavy atom. The summed E-state index contributed by atoms with van der Waals surface area (Å²) in [6.07, 6.45) is -0.496. The fourth-order valence-electron chi connectivity index (χ4n) is 2.18. The van der Waals surface area contributed by atoms with Gasteiger partial charge in [-0.1, -0.05) is 30.3 Å². The molecule has 1 aromatic carbocycles. The van der Waals surface area contributed by atoms with Crippen molar-refractivity contribution in [1.82, 2.24) is 4.90 Å². The van der Waals surface area contributed by atoms with Gasteiger partial charge in [-0.15, -0.1) is 0 Å². The van der Waals surface area contributed by atoms with Gasteiger partial charge in [0.2, 0.25) is 0 Å². The quantitative estimate of drug-likeness (QED) is 0.917. The highest BCUT2D eigenvalue weighted by molar-refractivity contribution is 5.78. The van der Waals surface area contributed by atoms with E-state index in [2.05, 4.69) is 0 Å². The molecule has 0 aromatic heterocycles. The van der Waals surface area contributed by atoms with Crippen molar-refractivity contribution < 1.29 is 23.8 Å². The maximum atomic E-state index is 12.9. The number of benzene rings is 1. The van der Waals surface area contributed by atoms with Gasteiger partial charge in [-0.25, -0.2) is 9.18 Å². The highest BCUT2D eigenvalue weighted by atomic mass is 19.1. The van der Waals surface area contributed by atoms with Crippen molar-refractivity contribution in [2.45, 2.75) is 13.0 Å². The Balaban J connectivity index is 1.90. The first-order valence-electron chi connectivity index (χ1n) is 6.32. The lowest BCUT2D eigenvalue weighted by Crippen LogP contribution is -2.38. The molecule has 1 atom stereocenters. The lowest BCUT2D eigenvalue weighted by atomic mass is 9.89. The van der Waals surface area contributed by atoms with Gasteiger partial charge >= 0.3 is 12.1 Å². The summed E-state index contributed by atoms with van der Waals surface area (Å²) in [6, 6.07) is 9.16. The number of nitrogens with zero attached hydrogens (tertiary/aromatic N) is 1. The van der Waals surface area contributed by atoms with Crippen LogP contribution in [0.1, 0.15) is 12.0 Å². The second-order valence-electron chi connectivity index (χ2n) is 4.93. The summed E-state index contributed by atoms with van der Waals surface area (Å²) >= 11 is 0. The zero-order chi connectivity index (χ0) is 14.6. The molecular formula is C14H16FNO4. The maximum Gasteiger partial charge on any atom is 0.410 e. The summed E-state index contributed by atoms with van der Waals surface area (Å²) in [5, 5.41) is 9.05. The van der Waals surface area contributed by atoms with Crippen molar-refractivity contribution >= 4 is 12.1 Å². The fourth-order valence-corrected chi connectivity index (χ4v) is 2.18. The molecule has 0 radical (unpaired) electrons. The predicted molar refractivity (Wildman–Crippen MR) is 68.9 cm³/mol. The van der Waals surface area contributed by atoms with Crippen LogP contribution in [0.15, 0.2) is 30.3 Å². The molecule has 0 bridgehead atoms. The van der Waals surface area contributed by atoms with Gasteiger partial charge in [0, 0.05) is 13.1 Å². The fraction of sp³-hybridized carbons (Fsp3) is 0.429. The number of aliphatic carboxylic acids is 1. The Hall–Kier alpha value is -2.11. The number of carbonyl (C=O) groups is 2. The van der Waals surface area contributed by atoms with E-state index in [1.807, 2.05) is 30.3 Å². The van der Waals surface area contributed by atoms with Gasteiger partial charge in [0.1, 0.15) is 18.7 Å². The molecule has 1 aliphatic rings. The average molecular weight is 281 g/mol. The Bertz CT molecular complexity index is 493. The number of carbonyl (C=O) groups excluding carboxylic acids is 1. The van der Waals surface area contributed by atoms with Crippen LogP contribution < -0.4 is 0 Å². The molecule has 1 heterocycles. The molecular weight excluding hydrogens is 265 g/mol. The molecule has 0 unspecified atom stereocenters. The average Bonchev–Trinajstić information content (AvgIpc) is 2.92. The molecule has 2 rings (SSSR count). The largest absolute Gasteiger partial charge is 0.481 e. The van der Waals surface area contributed by atoms with Crippen LogP contribution in [0.4, 0.5) is 9.18 Å². The molecule has 1 aromatic rings. The smallest absolute Gasteiger partial charge is 0.410 e. The summed E-state index contributed by atoms with van der Waals surface area (Å²) in [4.78, 5) is 24.2. The molecule has 1 aliphatic heterocycles.